The van der Waals surface area contributed by atoms with Gasteiger partial charge in [0.2, 0.25) is 22.7 Å². The number of nitrogens with one attached hydrogen (secondary N) is 1. The smallest absolute Gasteiger partial charge is 0.231 e. The fourth-order valence-corrected chi connectivity index (χ4v) is 4.50. The number of sulfonamides is 1. The maximum atomic E-state index is 12.4. The Hall–Kier alpha value is -1.84. The van der Waals surface area contributed by atoms with E-state index < -0.39 is 10.0 Å². The van der Waals surface area contributed by atoms with Crippen LogP contribution in [0.15, 0.2) is 18.2 Å². The molecule has 0 unspecified atom stereocenters. The van der Waals surface area contributed by atoms with Gasteiger partial charge >= 0.3 is 0 Å². The minimum atomic E-state index is -3.30. The first-order valence-electron chi connectivity index (χ1n) is 8.62. The first kappa shape index (κ1) is 18.9. The van der Waals surface area contributed by atoms with Crippen molar-refractivity contribution in [3.63, 3.8) is 0 Å². The third-order valence-electron chi connectivity index (χ3n) is 4.67. The van der Waals surface area contributed by atoms with Crippen LogP contribution in [0.4, 0.5) is 0 Å². The Bertz CT molecular complexity index is 744. The van der Waals surface area contributed by atoms with Crippen LogP contribution in [0.2, 0.25) is 0 Å². The van der Waals surface area contributed by atoms with Gasteiger partial charge in [-0.25, -0.2) is 12.7 Å². The summed E-state index contributed by atoms with van der Waals surface area (Å²) >= 11 is 0. The molecule has 0 atom stereocenters. The number of hydrogen-bond acceptors (Lipinski definition) is 6. The second kappa shape index (κ2) is 8.24. The summed E-state index contributed by atoms with van der Waals surface area (Å²) in [7, 11) is -1.83. The van der Waals surface area contributed by atoms with Crippen LogP contribution < -0.4 is 14.8 Å². The van der Waals surface area contributed by atoms with Crippen molar-refractivity contribution < 1.29 is 27.4 Å². The van der Waals surface area contributed by atoms with Crippen molar-refractivity contribution in [3.8, 4) is 11.5 Å². The molecule has 8 nitrogen and oxygen atoms in total. The van der Waals surface area contributed by atoms with Crippen LogP contribution in [0.25, 0.3) is 0 Å². The number of benzene rings is 1. The summed E-state index contributed by atoms with van der Waals surface area (Å²) in [6.07, 6.45) is 1.05. The lowest BCUT2D eigenvalue weighted by Gasteiger charge is -2.30. The monoisotopic (exact) mass is 384 g/mol. The van der Waals surface area contributed by atoms with Crippen LogP contribution in [0.1, 0.15) is 18.4 Å². The number of nitrogens with zero attached hydrogens (tertiary/aromatic N) is 1. The van der Waals surface area contributed by atoms with Gasteiger partial charge in [0.05, 0.1) is 12.4 Å². The van der Waals surface area contributed by atoms with E-state index in [-0.39, 0.29) is 31.0 Å². The normalized spacial score (nSPS) is 18.0. The molecule has 0 saturated carbocycles. The number of ether oxygens (including phenoxy) is 3. The van der Waals surface area contributed by atoms with Crippen LogP contribution in [0.3, 0.4) is 0 Å². The Morgan fingerprint density at radius 3 is 2.73 bits per heavy atom. The summed E-state index contributed by atoms with van der Waals surface area (Å²) in [5.74, 6) is 1.16. The number of amides is 1. The zero-order valence-electron chi connectivity index (χ0n) is 14.8. The van der Waals surface area contributed by atoms with Gasteiger partial charge in [0, 0.05) is 32.7 Å². The average Bonchev–Trinajstić information content (AvgIpc) is 3.12. The van der Waals surface area contributed by atoms with E-state index in [0.29, 0.717) is 44.0 Å². The van der Waals surface area contributed by atoms with Crippen molar-refractivity contribution >= 4 is 15.9 Å². The highest BCUT2D eigenvalue weighted by Crippen LogP contribution is 2.32. The molecule has 0 aromatic heterocycles. The van der Waals surface area contributed by atoms with Gasteiger partial charge < -0.3 is 19.5 Å². The van der Waals surface area contributed by atoms with Gasteiger partial charge in [0.15, 0.2) is 11.5 Å². The molecule has 26 heavy (non-hydrogen) atoms. The van der Waals surface area contributed by atoms with Crippen molar-refractivity contribution in [3.05, 3.63) is 23.8 Å². The molecule has 2 aliphatic heterocycles. The second-order valence-corrected chi connectivity index (χ2v) is 8.48. The van der Waals surface area contributed by atoms with E-state index in [1.54, 1.807) is 0 Å². The van der Waals surface area contributed by atoms with E-state index >= 15 is 0 Å². The number of carbonyl (C=O) groups is 1. The summed E-state index contributed by atoms with van der Waals surface area (Å²) in [5.41, 5.74) is 0.933. The van der Waals surface area contributed by atoms with Crippen molar-refractivity contribution in [2.45, 2.75) is 19.4 Å². The zero-order chi connectivity index (χ0) is 18.6. The third-order valence-corrected chi connectivity index (χ3v) is 6.50. The molecule has 1 N–H and O–H groups in total. The molecule has 144 valence electrons. The van der Waals surface area contributed by atoms with E-state index in [1.165, 1.54) is 11.4 Å². The van der Waals surface area contributed by atoms with E-state index in [4.69, 9.17) is 14.2 Å². The molecule has 1 fully saturated rings. The minimum Gasteiger partial charge on any atom is -0.454 e. The maximum absolute atomic E-state index is 12.4. The first-order valence-corrected chi connectivity index (χ1v) is 10.2. The Morgan fingerprint density at radius 2 is 2.00 bits per heavy atom. The molecule has 1 aromatic carbocycles. The number of carbonyl (C=O) groups excluding carboxylic acids is 1. The number of methoxy groups -OCH3 is 1. The van der Waals surface area contributed by atoms with Gasteiger partial charge in [-0.05, 0) is 30.5 Å². The third kappa shape index (κ3) is 4.46. The maximum Gasteiger partial charge on any atom is 0.231 e. The standard InChI is InChI=1S/C17H24N2O6S/c1-23-8-9-26(21,22)19-6-4-14(5-7-19)17(20)18-11-13-2-3-15-16(10-13)25-12-24-15/h2-3,10,14H,4-9,11-12H2,1H3,(H,18,20). The first-order chi connectivity index (χ1) is 12.5. The van der Waals surface area contributed by atoms with Crippen molar-refractivity contribution in [1.29, 1.82) is 0 Å². The van der Waals surface area contributed by atoms with Gasteiger partial charge in [-0.15, -0.1) is 0 Å². The number of piperidine rings is 1. The van der Waals surface area contributed by atoms with E-state index in [1.807, 2.05) is 18.2 Å². The van der Waals surface area contributed by atoms with Crippen LogP contribution in [-0.4, -0.2) is 58.0 Å². The predicted molar refractivity (Wildman–Crippen MR) is 94.4 cm³/mol. The number of rotatable bonds is 7. The molecule has 2 heterocycles. The summed E-state index contributed by atoms with van der Waals surface area (Å²) in [5, 5.41) is 2.92. The Kier molecular flexibility index (Phi) is 6.00. The molecule has 2 aliphatic rings. The Labute approximate surface area is 153 Å². The molecule has 1 aromatic rings. The van der Waals surface area contributed by atoms with Crippen LogP contribution in [0, 0.1) is 5.92 Å². The minimum absolute atomic E-state index is 0.0233. The molecule has 1 amide bonds. The summed E-state index contributed by atoms with van der Waals surface area (Å²) in [6.45, 7) is 1.54. The van der Waals surface area contributed by atoms with E-state index in [2.05, 4.69) is 5.32 Å². The quantitative estimate of drug-likeness (QED) is 0.744. The van der Waals surface area contributed by atoms with Crippen molar-refractivity contribution in [2.75, 3.05) is 39.4 Å². The average molecular weight is 384 g/mol. The van der Waals surface area contributed by atoms with Gasteiger partial charge in [-0.3, -0.25) is 4.79 Å². The van der Waals surface area contributed by atoms with Crippen LogP contribution in [-0.2, 0) is 26.1 Å². The SMILES string of the molecule is COCCS(=O)(=O)N1CCC(C(=O)NCc2ccc3c(c2)OCO3)CC1. The Morgan fingerprint density at radius 1 is 1.27 bits per heavy atom. The largest absolute Gasteiger partial charge is 0.454 e. The lowest BCUT2D eigenvalue weighted by atomic mass is 9.97. The Balaban J connectivity index is 1.46. The fraction of sp³-hybridized carbons (Fsp3) is 0.588. The summed E-state index contributed by atoms with van der Waals surface area (Å²) in [6, 6.07) is 5.57. The van der Waals surface area contributed by atoms with Gasteiger partial charge in [0.25, 0.3) is 0 Å². The highest BCUT2D eigenvalue weighted by molar-refractivity contribution is 7.89. The molecule has 0 aliphatic carbocycles. The number of fused-ring (bicyclic) bond motifs is 1. The van der Waals surface area contributed by atoms with Gasteiger partial charge in [0.1, 0.15) is 0 Å². The predicted octanol–water partition coefficient (Wildman–Crippen LogP) is 0.720. The number of hydrogen-bond donors (Lipinski definition) is 1. The highest BCUT2D eigenvalue weighted by atomic mass is 32.2. The molecular formula is C17H24N2O6S. The second-order valence-electron chi connectivity index (χ2n) is 6.39. The lowest BCUT2D eigenvalue weighted by molar-refractivity contribution is -0.126. The summed E-state index contributed by atoms with van der Waals surface area (Å²) < 4.78 is 41.2. The highest BCUT2D eigenvalue weighted by Gasteiger charge is 2.30. The van der Waals surface area contributed by atoms with Crippen molar-refractivity contribution in [2.24, 2.45) is 5.92 Å². The molecular weight excluding hydrogens is 360 g/mol. The van der Waals surface area contributed by atoms with E-state index in [9.17, 15) is 13.2 Å². The molecule has 0 bridgehead atoms. The summed E-state index contributed by atoms with van der Waals surface area (Å²) in [4.78, 5) is 12.4. The van der Waals surface area contributed by atoms with Gasteiger partial charge in [-0.1, -0.05) is 6.07 Å². The van der Waals surface area contributed by atoms with Crippen molar-refractivity contribution in [1.82, 2.24) is 9.62 Å². The van der Waals surface area contributed by atoms with E-state index in [0.717, 1.165) is 5.56 Å². The van der Waals surface area contributed by atoms with Crippen LogP contribution >= 0.6 is 0 Å². The molecule has 9 heteroatoms. The van der Waals surface area contributed by atoms with Gasteiger partial charge in [-0.2, -0.15) is 0 Å². The fourth-order valence-electron chi connectivity index (χ4n) is 3.10. The molecule has 3 rings (SSSR count). The zero-order valence-corrected chi connectivity index (χ0v) is 15.6. The molecule has 1 saturated heterocycles. The van der Waals surface area contributed by atoms with Crippen LogP contribution in [0.5, 0.6) is 11.5 Å². The molecule has 0 spiro atoms. The topological polar surface area (TPSA) is 94.2 Å². The lowest BCUT2D eigenvalue weighted by Crippen LogP contribution is -2.44. The molecule has 0 radical (unpaired) electrons.